The van der Waals surface area contributed by atoms with E-state index in [0.717, 1.165) is 37.2 Å². The molecule has 0 heterocycles. The van der Waals surface area contributed by atoms with Gasteiger partial charge < -0.3 is 0 Å². The molecular formula is C13H17ClF3N. The quantitative estimate of drug-likeness (QED) is 0.707. The molecule has 0 spiro atoms. The van der Waals surface area contributed by atoms with E-state index in [1.807, 2.05) is 6.92 Å². The number of halogens is 4. The number of alkyl halides is 4. The van der Waals surface area contributed by atoms with Gasteiger partial charge in [0.05, 0.1) is 5.56 Å². The summed E-state index contributed by atoms with van der Waals surface area (Å²) in [7, 11) is 0. The van der Waals surface area contributed by atoms with Crippen molar-refractivity contribution < 1.29 is 13.2 Å². The number of hydrogen-bond acceptors (Lipinski definition) is 1. The Morgan fingerprint density at radius 2 is 1.78 bits per heavy atom. The van der Waals surface area contributed by atoms with Gasteiger partial charge in [-0.05, 0) is 37.2 Å². The molecule has 102 valence electrons. The van der Waals surface area contributed by atoms with Crippen molar-refractivity contribution in [2.24, 2.45) is 0 Å². The third-order valence-electron chi connectivity index (χ3n) is 2.74. The van der Waals surface area contributed by atoms with Crippen LogP contribution in [-0.4, -0.2) is 23.9 Å². The van der Waals surface area contributed by atoms with E-state index in [-0.39, 0.29) is 0 Å². The molecule has 0 saturated heterocycles. The van der Waals surface area contributed by atoms with Crippen LogP contribution < -0.4 is 0 Å². The topological polar surface area (TPSA) is 3.24 Å². The van der Waals surface area contributed by atoms with Gasteiger partial charge in [-0.3, -0.25) is 4.90 Å². The number of nitrogens with zero attached hydrogens (tertiary/aromatic N) is 1. The zero-order chi connectivity index (χ0) is 13.6. The standard InChI is InChI=1S/C13H17ClF3N/c1-2-18(9-3-8-14)10-11-4-6-12(7-5-11)13(15,16)17/h4-7H,2-3,8-10H2,1H3. The van der Waals surface area contributed by atoms with Gasteiger partial charge in [-0.25, -0.2) is 0 Å². The maximum absolute atomic E-state index is 12.4. The fourth-order valence-electron chi connectivity index (χ4n) is 1.69. The Balaban J connectivity index is 2.62. The molecule has 0 aliphatic rings. The third kappa shape index (κ3) is 4.86. The smallest absolute Gasteiger partial charge is 0.299 e. The van der Waals surface area contributed by atoms with Gasteiger partial charge in [0.25, 0.3) is 0 Å². The molecule has 18 heavy (non-hydrogen) atoms. The average Bonchev–Trinajstić information content (AvgIpc) is 2.34. The van der Waals surface area contributed by atoms with Gasteiger partial charge in [-0.15, -0.1) is 11.6 Å². The number of benzene rings is 1. The summed E-state index contributed by atoms with van der Waals surface area (Å²) in [5.41, 5.74) is 0.287. The molecular weight excluding hydrogens is 263 g/mol. The minimum absolute atomic E-state index is 0.601. The molecule has 0 saturated carbocycles. The van der Waals surface area contributed by atoms with Crippen molar-refractivity contribution in [2.45, 2.75) is 26.1 Å². The Morgan fingerprint density at radius 1 is 1.17 bits per heavy atom. The molecule has 0 radical (unpaired) electrons. The van der Waals surface area contributed by atoms with Crippen molar-refractivity contribution in [3.8, 4) is 0 Å². The second-order valence-electron chi connectivity index (χ2n) is 4.11. The van der Waals surface area contributed by atoms with Crippen LogP contribution in [0.5, 0.6) is 0 Å². The van der Waals surface area contributed by atoms with Gasteiger partial charge in [-0.2, -0.15) is 13.2 Å². The van der Waals surface area contributed by atoms with Crippen LogP contribution in [0.3, 0.4) is 0 Å². The summed E-state index contributed by atoms with van der Waals surface area (Å²) in [5, 5.41) is 0. The second-order valence-corrected chi connectivity index (χ2v) is 4.48. The Morgan fingerprint density at radius 3 is 2.22 bits per heavy atom. The van der Waals surface area contributed by atoms with Crippen LogP contribution in [0.2, 0.25) is 0 Å². The number of rotatable bonds is 6. The molecule has 1 aromatic rings. The molecule has 0 aromatic heterocycles. The van der Waals surface area contributed by atoms with E-state index in [9.17, 15) is 13.2 Å². The fourth-order valence-corrected chi connectivity index (χ4v) is 1.81. The lowest BCUT2D eigenvalue weighted by Crippen LogP contribution is -2.24. The van der Waals surface area contributed by atoms with E-state index in [0.29, 0.717) is 12.4 Å². The molecule has 1 nitrogen and oxygen atoms in total. The van der Waals surface area contributed by atoms with E-state index in [2.05, 4.69) is 4.90 Å². The largest absolute Gasteiger partial charge is 0.416 e. The first kappa shape index (κ1) is 15.3. The van der Waals surface area contributed by atoms with Gasteiger partial charge in [0, 0.05) is 12.4 Å². The van der Waals surface area contributed by atoms with E-state index in [1.165, 1.54) is 12.1 Å². The van der Waals surface area contributed by atoms with Crippen molar-refractivity contribution >= 4 is 11.6 Å². The number of hydrogen-bond donors (Lipinski definition) is 0. The molecule has 0 aliphatic heterocycles. The lowest BCUT2D eigenvalue weighted by atomic mass is 10.1. The summed E-state index contributed by atoms with van der Waals surface area (Å²) in [5.74, 6) is 0.601. The Hall–Kier alpha value is -0.740. The van der Waals surface area contributed by atoms with Gasteiger partial charge in [-0.1, -0.05) is 19.1 Å². The molecule has 1 rings (SSSR count). The fraction of sp³-hybridized carbons (Fsp3) is 0.538. The Kier molecular flexibility index (Phi) is 5.96. The van der Waals surface area contributed by atoms with Crippen molar-refractivity contribution in [3.05, 3.63) is 35.4 Å². The molecule has 0 amide bonds. The van der Waals surface area contributed by atoms with Crippen LogP contribution in [0.15, 0.2) is 24.3 Å². The first-order valence-electron chi connectivity index (χ1n) is 5.91. The summed E-state index contributed by atoms with van der Waals surface area (Å²) in [6, 6.07) is 5.33. The molecule has 0 atom stereocenters. The van der Waals surface area contributed by atoms with Crippen LogP contribution >= 0.6 is 11.6 Å². The average molecular weight is 280 g/mol. The summed E-state index contributed by atoms with van der Waals surface area (Å²) >= 11 is 5.62. The molecule has 5 heteroatoms. The maximum atomic E-state index is 12.4. The first-order valence-corrected chi connectivity index (χ1v) is 6.45. The lowest BCUT2D eigenvalue weighted by molar-refractivity contribution is -0.137. The van der Waals surface area contributed by atoms with Gasteiger partial charge >= 0.3 is 6.18 Å². The minimum atomic E-state index is -4.26. The van der Waals surface area contributed by atoms with Crippen LogP contribution in [0, 0.1) is 0 Å². The molecule has 0 N–H and O–H groups in total. The van der Waals surface area contributed by atoms with Gasteiger partial charge in [0.15, 0.2) is 0 Å². The highest BCUT2D eigenvalue weighted by Gasteiger charge is 2.29. The van der Waals surface area contributed by atoms with Crippen LogP contribution in [-0.2, 0) is 12.7 Å². The highest BCUT2D eigenvalue weighted by Crippen LogP contribution is 2.29. The van der Waals surface area contributed by atoms with Crippen LogP contribution in [0.25, 0.3) is 0 Å². The monoisotopic (exact) mass is 279 g/mol. The predicted molar refractivity (Wildman–Crippen MR) is 67.7 cm³/mol. The summed E-state index contributed by atoms with van der Waals surface area (Å²) in [6.07, 6.45) is -3.38. The summed E-state index contributed by atoms with van der Waals surface area (Å²) < 4.78 is 37.2. The van der Waals surface area contributed by atoms with Crippen LogP contribution in [0.1, 0.15) is 24.5 Å². The van der Waals surface area contributed by atoms with E-state index < -0.39 is 11.7 Å². The zero-order valence-electron chi connectivity index (χ0n) is 10.3. The first-order chi connectivity index (χ1) is 8.47. The Labute approximate surface area is 111 Å². The highest BCUT2D eigenvalue weighted by atomic mass is 35.5. The zero-order valence-corrected chi connectivity index (χ0v) is 11.1. The van der Waals surface area contributed by atoms with Gasteiger partial charge in [0.1, 0.15) is 0 Å². The van der Waals surface area contributed by atoms with Crippen molar-refractivity contribution in [3.63, 3.8) is 0 Å². The molecule has 0 unspecified atom stereocenters. The molecule has 1 aromatic carbocycles. The summed E-state index contributed by atoms with van der Waals surface area (Å²) in [4.78, 5) is 2.16. The SMILES string of the molecule is CCN(CCCCl)Cc1ccc(C(F)(F)F)cc1. The maximum Gasteiger partial charge on any atom is 0.416 e. The normalized spacial score (nSPS) is 12.1. The minimum Gasteiger partial charge on any atom is -0.299 e. The van der Waals surface area contributed by atoms with Gasteiger partial charge in [0.2, 0.25) is 0 Å². The Bertz CT molecular complexity index is 348. The highest BCUT2D eigenvalue weighted by molar-refractivity contribution is 6.17. The molecule has 0 fully saturated rings. The van der Waals surface area contributed by atoms with E-state index in [1.54, 1.807) is 0 Å². The molecule has 0 bridgehead atoms. The van der Waals surface area contributed by atoms with E-state index in [4.69, 9.17) is 11.6 Å². The lowest BCUT2D eigenvalue weighted by Gasteiger charge is -2.20. The second kappa shape index (κ2) is 7.00. The molecule has 0 aliphatic carbocycles. The third-order valence-corrected chi connectivity index (χ3v) is 3.01. The summed E-state index contributed by atoms with van der Waals surface area (Å²) in [6.45, 7) is 4.41. The van der Waals surface area contributed by atoms with E-state index >= 15 is 0 Å². The van der Waals surface area contributed by atoms with Crippen molar-refractivity contribution in [2.75, 3.05) is 19.0 Å². The van der Waals surface area contributed by atoms with Crippen molar-refractivity contribution in [1.29, 1.82) is 0 Å². The van der Waals surface area contributed by atoms with Crippen LogP contribution in [0.4, 0.5) is 13.2 Å². The predicted octanol–water partition coefficient (Wildman–Crippen LogP) is 4.16. The van der Waals surface area contributed by atoms with Crippen molar-refractivity contribution in [1.82, 2.24) is 4.90 Å².